The van der Waals surface area contributed by atoms with Crippen molar-refractivity contribution in [2.45, 2.75) is 26.2 Å². The molecule has 3 rings (SSSR count). The molecule has 1 aromatic carbocycles. The molecule has 7 nitrogen and oxygen atoms in total. The Labute approximate surface area is 145 Å². The molecule has 132 valence electrons. The van der Waals surface area contributed by atoms with Gasteiger partial charge in [0.25, 0.3) is 11.5 Å². The van der Waals surface area contributed by atoms with Crippen LogP contribution in [-0.4, -0.2) is 46.7 Å². The van der Waals surface area contributed by atoms with E-state index in [0.717, 1.165) is 12.8 Å². The van der Waals surface area contributed by atoms with Gasteiger partial charge in [0, 0.05) is 18.5 Å². The van der Waals surface area contributed by atoms with Crippen molar-refractivity contribution in [3.05, 3.63) is 40.3 Å². The molecular weight excluding hydrogens is 322 g/mol. The highest BCUT2D eigenvalue weighted by Gasteiger charge is 2.22. The molecule has 1 fully saturated rings. The second-order valence-corrected chi connectivity index (χ2v) is 6.47. The lowest BCUT2D eigenvalue weighted by atomic mass is 10.0. The fourth-order valence-corrected chi connectivity index (χ4v) is 3.14. The van der Waals surface area contributed by atoms with Crippen molar-refractivity contribution in [1.29, 1.82) is 0 Å². The first-order chi connectivity index (χ1) is 12.0. The minimum atomic E-state index is -0.539. The maximum atomic E-state index is 12.1. The van der Waals surface area contributed by atoms with Gasteiger partial charge in [-0.1, -0.05) is 25.1 Å². The number of nitrogens with one attached hydrogen (secondary N) is 1. The first kappa shape index (κ1) is 17.1. The fourth-order valence-electron chi connectivity index (χ4n) is 3.14. The fraction of sp³-hybridized carbons (Fsp3) is 0.444. The van der Waals surface area contributed by atoms with E-state index < -0.39 is 5.97 Å². The summed E-state index contributed by atoms with van der Waals surface area (Å²) >= 11 is 0. The molecule has 0 saturated carbocycles. The van der Waals surface area contributed by atoms with Crippen LogP contribution in [-0.2, 0) is 20.7 Å². The van der Waals surface area contributed by atoms with Gasteiger partial charge in [-0.25, -0.2) is 5.10 Å². The Morgan fingerprint density at radius 1 is 1.32 bits per heavy atom. The van der Waals surface area contributed by atoms with Crippen LogP contribution in [0.2, 0.25) is 0 Å². The number of esters is 1. The quantitative estimate of drug-likeness (QED) is 0.844. The van der Waals surface area contributed by atoms with Crippen LogP contribution in [0, 0.1) is 5.92 Å². The molecule has 1 aliphatic heterocycles. The summed E-state index contributed by atoms with van der Waals surface area (Å²) in [7, 11) is 0. The molecule has 1 aromatic heterocycles. The van der Waals surface area contributed by atoms with Crippen LogP contribution >= 0.6 is 0 Å². The summed E-state index contributed by atoms with van der Waals surface area (Å²) in [5, 5.41) is 7.40. The summed E-state index contributed by atoms with van der Waals surface area (Å²) in [6.07, 6.45) is 2.00. The van der Waals surface area contributed by atoms with Gasteiger partial charge in [-0.3, -0.25) is 14.4 Å². The number of amides is 1. The van der Waals surface area contributed by atoms with Crippen LogP contribution < -0.4 is 5.56 Å². The molecule has 1 atom stereocenters. The number of rotatable bonds is 4. The van der Waals surface area contributed by atoms with Gasteiger partial charge in [-0.2, -0.15) is 5.10 Å². The summed E-state index contributed by atoms with van der Waals surface area (Å²) in [6, 6.07) is 6.93. The first-order valence-corrected chi connectivity index (χ1v) is 8.44. The van der Waals surface area contributed by atoms with Gasteiger partial charge in [0.1, 0.15) is 0 Å². The second kappa shape index (κ2) is 7.46. The normalized spacial score (nSPS) is 17.5. The zero-order chi connectivity index (χ0) is 17.8. The highest BCUT2D eigenvalue weighted by atomic mass is 16.5. The van der Waals surface area contributed by atoms with E-state index in [1.807, 2.05) is 0 Å². The number of hydrogen-bond donors (Lipinski definition) is 1. The van der Waals surface area contributed by atoms with Gasteiger partial charge in [0.2, 0.25) is 0 Å². The van der Waals surface area contributed by atoms with Gasteiger partial charge in [0.15, 0.2) is 6.61 Å². The van der Waals surface area contributed by atoms with Gasteiger partial charge < -0.3 is 9.64 Å². The number of benzene rings is 1. The third-order valence-corrected chi connectivity index (χ3v) is 4.45. The Bertz CT molecular complexity index is 846. The number of nitrogens with zero attached hydrogens (tertiary/aromatic N) is 2. The summed E-state index contributed by atoms with van der Waals surface area (Å²) in [5.74, 6) is -0.229. The minimum Gasteiger partial charge on any atom is -0.455 e. The highest BCUT2D eigenvalue weighted by molar-refractivity contribution is 5.87. The molecule has 1 amide bonds. The average Bonchev–Trinajstić information content (AvgIpc) is 2.62. The summed E-state index contributed by atoms with van der Waals surface area (Å²) in [5.41, 5.74) is 0.126. The van der Waals surface area contributed by atoms with Crippen molar-refractivity contribution >= 4 is 22.6 Å². The molecule has 0 radical (unpaired) electrons. The summed E-state index contributed by atoms with van der Waals surface area (Å²) in [6.45, 7) is 3.28. The number of aromatic amines is 1. The predicted octanol–water partition coefficient (Wildman–Crippen LogP) is 1.27. The van der Waals surface area contributed by atoms with Crippen LogP contribution in [0.1, 0.15) is 25.5 Å². The molecular formula is C18H21N3O4. The standard InChI is InChI=1S/C18H21N3O4/c1-12-5-4-8-21(10-12)16(22)11-25-17(23)9-15-13-6-2-3-7-14(13)18(24)20-19-15/h2-3,6-7,12H,4-5,8-11H2,1H3,(H,20,24)/t12-/m1/s1. The van der Waals surface area contributed by atoms with Crippen LogP contribution in [0.5, 0.6) is 0 Å². The maximum Gasteiger partial charge on any atom is 0.312 e. The molecule has 1 N–H and O–H groups in total. The maximum absolute atomic E-state index is 12.1. The number of likely N-dealkylation sites (tertiary alicyclic amines) is 1. The number of fused-ring (bicyclic) bond motifs is 1. The molecule has 2 aromatic rings. The lowest BCUT2D eigenvalue weighted by Gasteiger charge is -2.30. The monoisotopic (exact) mass is 343 g/mol. The molecule has 7 heteroatoms. The number of aromatic nitrogens is 2. The number of ether oxygens (including phenoxy) is 1. The van der Waals surface area contributed by atoms with Crippen LogP contribution in [0.4, 0.5) is 0 Å². The lowest BCUT2D eigenvalue weighted by molar-refractivity contribution is -0.152. The zero-order valence-corrected chi connectivity index (χ0v) is 14.2. The Balaban J connectivity index is 1.61. The topological polar surface area (TPSA) is 92.4 Å². The Hall–Kier alpha value is -2.70. The lowest BCUT2D eigenvalue weighted by Crippen LogP contribution is -2.41. The van der Waals surface area contributed by atoms with Crippen LogP contribution in [0.25, 0.3) is 10.8 Å². The van der Waals surface area contributed by atoms with Crippen molar-refractivity contribution in [2.75, 3.05) is 19.7 Å². The number of H-pyrrole nitrogens is 1. The molecule has 1 aliphatic rings. The Morgan fingerprint density at radius 3 is 2.84 bits per heavy atom. The van der Waals surface area contributed by atoms with Crippen LogP contribution in [0.3, 0.4) is 0 Å². The van der Waals surface area contributed by atoms with Crippen molar-refractivity contribution in [3.63, 3.8) is 0 Å². The predicted molar refractivity (Wildman–Crippen MR) is 92.0 cm³/mol. The van der Waals surface area contributed by atoms with E-state index in [2.05, 4.69) is 17.1 Å². The van der Waals surface area contributed by atoms with Gasteiger partial charge in [-0.15, -0.1) is 0 Å². The van der Waals surface area contributed by atoms with E-state index in [4.69, 9.17) is 4.74 Å². The van der Waals surface area contributed by atoms with Gasteiger partial charge >= 0.3 is 5.97 Å². The highest BCUT2D eigenvalue weighted by Crippen LogP contribution is 2.16. The third-order valence-electron chi connectivity index (χ3n) is 4.45. The average molecular weight is 343 g/mol. The Morgan fingerprint density at radius 2 is 2.08 bits per heavy atom. The number of carbonyl (C=O) groups excluding carboxylic acids is 2. The molecule has 25 heavy (non-hydrogen) atoms. The molecule has 0 bridgehead atoms. The first-order valence-electron chi connectivity index (χ1n) is 8.44. The number of carbonyl (C=O) groups is 2. The van der Waals surface area contributed by atoms with Crippen molar-refractivity contribution in [2.24, 2.45) is 5.92 Å². The smallest absolute Gasteiger partial charge is 0.312 e. The van der Waals surface area contributed by atoms with E-state index in [1.54, 1.807) is 29.2 Å². The zero-order valence-electron chi connectivity index (χ0n) is 14.2. The van der Waals surface area contributed by atoms with E-state index in [0.29, 0.717) is 35.5 Å². The molecule has 1 saturated heterocycles. The minimum absolute atomic E-state index is 0.0963. The number of piperidine rings is 1. The van der Waals surface area contributed by atoms with Gasteiger partial charge in [0.05, 0.1) is 17.5 Å². The van der Waals surface area contributed by atoms with Crippen molar-refractivity contribution in [3.8, 4) is 0 Å². The van der Waals surface area contributed by atoms with Crippen molar-refractivity contribution < 1.29 is 14.3 Å². The van der Waals surface area contributed by atoms with Gasteiger partial charge in [-0.05, 0) is 24.8 Å². The third kappa shape index (κ3) is 4.04. The summed E-state index contributed by atoms with van der Waals surface area (Å²) < 4.78 is 5.11. The van der Waals surface area contributed by atoms with E-state index >= 15 is 0 Å². The SMILES string of the molecule is C[C@@H]1CCCN(C(=O)COC(=O)Cc2n[nH]c(=O)c3ccccc23)C1. The molecule has 0 unspecified atom stereocenters. The van der Waals surface area contributed by atoms with E-state index in [1.165, 1.54) is 0 Å². The molecule has 0 aliphatic carbocycles. The largest absolute Gasteiger partial charge is 0.455 e. The summed E-state index contributed by atoms with van der Waals surface area (Å²) in [4.78, 5) is 37.7. The van der Waals surface area contributed by atoms with E-state index in [9.17, 15) is 14.4 Å². The van der Waals surface area contributed by atoms with Crippen molar-refractivity contribution in [1.82, 2.24) is 15.1 Å². The second-order valence-electron chi connectivity index (χ2n) is 6.47. The molecule has 0 spiro atoms. The Kier molecular flexibility index (Phi) is 5.11. The van der Waals surface area contributed by atoms with E-state index in [-0.39, 0.29) is 24.5 Å². The van der Waals surface area contributed by atoms with Crippen LogP contribution in [0.15, 0.2) is 29.1 Å². The molecule has 2 heterocycles. The number of hydrogen-bond acceptors (Lipinski definition) is 5.